The van der Waals surface area contributed by atoms with E-state index in [1.807, 2.05) is 38.1 Å². The van der Waals surface area contributed by atoms with Gasteiger partial charge in [0.2, 0.25) is 0 Å². The van der Waals surface area contributed by atoms with E-state index in [9.17, 15) is 10.2 Å². The summed E-state index contributed by atoms with van der Waals surface area (Å²) in [5, 5.41) is 19.9. The van der Waals surface area contributed by atoms with Crippen LogP contribution >= 0.6 is 11.6 Å². The van der Waals surface area contributed by atoms with Gasteiger partial charge in [-0.2, -0.15) is 0 Å². The topological polar surface area (TPSA) is 68.2 Å². The normalized spacial score (nSPS) is 15.9. The monoisotopic (exact) mass is 434 g/mol. The molecule has 164 valence electrons. The lowest BCUT2D eigenvalue weighted by Gasteiger charge is -2.24. The Kier molecular flexibility index (Phi) is 8.00. The molecule has 3 unspecified atom stereocenters. The van der Waals surface area contributed by atoms with Gasteiger partial charge in [-0.15, -0.1) is 0 Å². The number of aliphatic hydroxyl groups excluding tert-OH is 2. The van der Waals surface area contributed by atoms with Crippen molar-refractivity contribution in [2.24, 2.45) is 0 Å². The van der Waals surface area contributed by atoms with Crippen LogP contribution in [0.2, 0.25) is 5.02 Å². The summed E-state index contributed by atoms with van der Waals surface area (Å²) < 4.78 is 17.5. The van der Waals surface area contributed by atoms with Crippen molar-refractivity contribution in [2.75, 3.05) is 19.8 Å². The van der Waals surface area contributed by atoms with E-state index in [1.54, 1.807) is 6.92 Å². The highest BCUT2D eigenvalue weighted by atomic mass is 35.5. The molecule has 30 heavy (non-hydrogen) atoms. The van der Waals surface area contributed by atoms with Crippen molar-refractivity contribution in [2.45, 2.75) is 58.3 Å². The molecule has 1 aliphatic rings. The summed E-state index contributed by atoms with van der Waals surface area (Å²) in [4.78, 5) is 0. The summed E-state index contributed by atoms with van der Waals surface area (Å²) in [7, 11) is 0. The van der Waals surface area contributed by atoms with Gasteiger partial charge < -0.3 is 24.4 Å². The third-order valence-electron chi connectivity index (χ3n) is 5.30. The van der Waals surface area contributed by atoms with Gasteiger partial charge in [0, 0.05) is 18.4 Å². The van der Waals surface area contributed by atoms with Gasteiger partial charge in [0.1, 0.15) is 11.5 Å². The highest BCUT2D eigenvalue weighted by Crippen LogP contribution is 2.42. The van der Waals surface area contributed by atoms with Crippen molar-refractivity contribution in [1.82, 2.24) is 0 Å². The van der Waals surface area contributed by atoms with Gasteiger partial charge >= 0.3 is 0 Å². The quantitative estimate of drug-likeness (QED) is 0.577. The van der Waals surface area contributed by atoms with Crippen LogP contribution in [0.3, 0.4) is 0 Å². The van der Waals surface area contributed by atoms with Crippen LogP contribution in [0.25, 0.3) is 0 Å². The summed E-state index contributed by atoms with van der Waals surface area (Å²) in [6.45, 7) is 6.72. The number of benzene rings is 2. The number of aliphatic hydroxyl groups is 2. The minimum atomic E-state index is -0.538. The first kappa shape index (κ1) is 22.9. The number of halogens is 1. The van der Waals surface area contributed by atoms with Crippen LogP contribution in [0.1, 0.15) is 55.5 Å². The van der Waals surface area contributed by atoms with E-state index in [2.05, 4.69) is 6.07 Å². The average Bonchev–Trinajstić information content (AvgIpc) is 3.21. The summed E-state index contributed by atoms with van der Waals surface area (Å²) in [6.07, 6.45) is 0.603. The molecule has 0 bridgehead atoms. The maximum absolute atomic E-state index is 9.65. The Morgan fingerprint density at radius 3 is 2.57 bits per heavy atom. The van der Waals surface area contributed by atoms with Crippen LogP contribution in [-0.2, 0) is 17.6 Å². The zero-order valence-electron chi connectivity index (χ0n) is 17.9. The maximum Gasteiger partial charge on any atom is 0.141 e. The molecule has 0 fully saturated rings. The van der Waals surface area contributed by atoms with Gasteiger partial charge in [-0.3, -0.25) is 0 Å². The predicted molar refractivity (Wildman–Crippen MR) is 118 cm³/mol. The van der Waals surface area contributed by atoms with Crippen molar-refractivity contribution in [3.05, 3.63) is 57.6 Å². The molecule has 1 aliphatic heterocycles. The van der Waals surface area contributed by atoms with E-state index >= 15 is 0 Å². The van der Waals surface area contributed by atoms with Crippen LogP contribution in [0.4, 0.5) is 0 Å². The summed E-state index contributed by atoms with van der Waals surface area (Å²) in [6, 6.07) is 10.1. The van der Waals surface area contributed by atoms with Crippen molar-refractivity contribution in [1.29, 1.82) is 0 Å². The van der Waals surface area contributed by atoms with Gasteiger partial charge in [-0.1, -0.05) is 29.8 Å². The van der Waals surface area contributed by atoms with E-state index < -0.39 is 12.2 Å². The van der Waals surface area contributed by atoms with Crippen LogP contribution < -0.4 is 9.47 Å². The number of hydrogen-bond donors (Lipinski definition) is 2. The van der Waals surface area contributed by atoms with Crippen LogP contribution in [0, 0.1) is 0 Å². The van der Waals surface area contributed by atoms with E-state index in [0.717, 1.165) is 40.2 Å². The van der Waals surface area contributed by atoms with Gasteiger partial charge in [-0.05, 0) is 56.0 Å². The molecule has 0 spiro atoms. The molecule has 0 aromatic heterocycles. The van der Waals surface area contributed by atoms with Gasteiger partial charge in [-0.25, -0.2) is 0 Å². The molecule has 2 aromatic rings. The van der Waals surface area contributed by atoms with Crippen molar-refractivity contribution < 1.29 is 24.4 Å². The third-order valence-corrected chi connectivity index (χ3v) is 5.72. The molecule has 1 heterocycles. The molecule has 3 atom stereocenters. The van der Waals surface area contributed by atoms with E-state index in [4.69, 9.17) is 25.8 Å². The average molecular weight is 435 g/mol. The zero-order valence-corrected chi connectivity index (χ0v) is 18.6. The molecular formula is C24H31ClO5. The first-order valence-electron chi connectivity index (χ1n) is 10.6. The van der Waals surface area contributed by atoms with Crippen LogP contribution in [0.15, 0.2) is 30.3 Å². The standard InChI is InChI=1S/C24H31ClO5/c1-4-28-19-7-5-17(6-8-19)12-18-13-22(21-9-10-29-24(21)23(18)25)16(3)30-20(14-26)11-15(2)27/h5-8,13,15-16,20,26-27H,4,9-12,14H2,1-3H3. The van der Waals surface area contributed by atoms with E-state index in [-0.39, 0.29) is 12.7 Å². The molecule has 3 rings (SSSR count). The number of fused-ring (bicyclic) bond motifs is 1. The second-order valence-corrected chi connectivity index (χ2v) is 8.14. The Bertz CT molecular complexity index is 834. The summed E-state index contributed by atoms with van der Waals surface area (Å²) in [5.74, 6) is 1.59. The Labute approximate surface area is 183 Å². The lowest BCUT2D eigenvalue weighted by molar-refractivity contribution is -0.0525. The largest absolute Gasteiger partial charge is 0.494 e. The molecule has 6 heteroatoms. The smallest absolute Gasteiger partial charge is 0.141 e. The molecule has 0 saturated carbocycles. The second kappa shape index (κ2) is 10.5. The highest BCUT2D eigenvalue weighted by molar-refractivity contribution is 6.33. The van der Waals surface area contributed by atoms with Crippen LogP contribution in [0.5, 0.6) is 11.5 Å². The fraction of sp³-hybridized carbons (Fsp3) is 0.500. The first-order chi connectivity index (χ1) is 14.4. The van der Waals surface area contributed by atoms with Crippen molar-refractivity contribution >= 4 is 11.6 Å². The van der Waals surface area contributed by atoms with Crippen LogP contribution in [-0.4, -0.2) is 42.2 Å². The zero-order chi connectivity index (χ0) is 21.7. The van der Waals surface area contributed by atoms with Crippen molar-refractivity contribution in [3.63, 3.8) is 0 Å². The lowest BCUT2D eigenvalue weighted by Crippen LogP contribution is -2.24. The molecule has 0 saturated heterocycles. The Morgan fingerprint density at radius 2 is 1.93 bits per heavy atom. The SMILES string of the molecule is CCOc1ccc(Cc2cc(C(C)OC(CO)CC(C)O)c3c(c2Cl)OCC3)cc1. The number of rotatable bonds is 10. The molecule has 0 radical (unpaired) electrons. The lowest BCUT2D eigenvalue weighted by atomic mass is 9.94. The predicted octanol–water partition coefficient (Wildman–Crippen LogP) is 4.47. The van der Waals surface area contributed by atoms with Crippen molar-refractivity contribution in [3.8, 4) is 11.5 Å². The molecule has 5 nitrogen and oxygen atoms in total. The summed E-state index contributed by atoms with van der Waals surface area (Å²) in [5.41, 5.74) is 4.19. The highest BCUT2D eigenvalue weighted by Gasteiger charge is 2.27. The molecular weight excluding hydrogens is 404 g/mol. The fourth-order valence-electron chi connectivity index (χ4n) is 3.91. The summed E-state index contributed by atoms with van der Waals surface area (Å²) >= 11 is 6.70. The first-order valence-corrected chi connectivity index (χ1v) is 10.9. The maximum atomic E-state index is 9.65. The minimum Gasteiger partial charge on any atom is -0.494 e. The Balaban J connectivity index is 1.86. The fourth-order valence-corrected chi connectivity index (χ4v) is 4.20. The minimum absolute atomic E-state index is 0.138. The Hall–Kier alpha value is -1.79. The van der Waals surface area contributed by atoms with E-state index in [0.29, 0.717) is 31.1 Å². The van der Waals surface area contributed by atoms with Gasteiger partial charge in [0.15, 0.2) is 0 Å². The van der Waals surface area contributed by atoms with Gasteiger partial charge in [0.25, 0.3) is 0 Å². The second-order valence-electron chi connectivity index (χ2n) is 7.77. The number of ether oxygens (including phenoxy) is 3. The molecule has 2 aromatic carbocycles. The number of hydrogen-bond acceptors (Lipinski definition) is 5. The van der Waals surface area contributed by atoms with E-state index in [1.165, 1.54) is 0 Å². The molecule has 0 amide bonds. The third kappa shape index (κ3) is 5.46. The molecule has 2 N–H and O–H groups in total. The Morgan fingerprint density at radius 1 is 1.20 bits per heavy atom. The van der Waals surface area contributed by atoms with Gasteiger partial charge in [0.05, 0.1) is 43.2 Å². The molecule has 0 aliphatic carbocycles.